The summed E-state index contributed by atoms with van der Waals surface area (Å²) >= 11 is 0. The summed E-state index contributed by atoms with van der Waals surface area (Å²) in [6.07, 6.45) is 3.09. The SMILES string of the molecule is CC(C)Cc1ccc(C(C)[C-]=O)cc1.[Ce].[Pa].[SH-]. The van der Waals surface area contributed by atoms with Gasteiger partial charge in [0.15, 0.2) is 0 Å². The van der Waals surface area contributed by atoms with E-state index in [0.717, 1.165) is 12.0 Å². The van der Waals surface area contributed by atoms with Gasteiger partial charge < -0.3 is 18.3 Å². The molecule has 0 aromatic heterocycles. The Morgan fingerprint density at radius 3 is 1.94 bits per heavy atom. The number of carbonyl (C=O) groups excluding carboxylic acids is 1. The minimum Gasteiger partial charge on any atom is -0.813 e. The van der Waals surface area contributed by atoms with Crippen LogP contribution in [0, 0.1) is 80.0 Å². The van der Waals surface area contributed by atoms with Gasteiger partial charge in [-0.15, -0.1) is 5.92 Å². The van der Waals surface area contributed by atoms with E-state index in [1.54, 1.807) is 0 Å². The molecular formula is C13H18CeOPaS-2. The smallest absolute Gasteiger partial charge is 0 e. The van der Waals surface area contributed by atoms with Crippen LogP contribution in [0.2, 0.25) is 0 Å². The van der Waals surface area contributed by atoms with E-state index in [9.17, 15) is 4.79 Å². The topological polar surface area (TPSA) is 17.1 Å². The van der Waals surface area contributed by atoms with Crippen molar-refractivity contribution in [1.82, 2.24) is 0 Å². The van der Waals surface area contributed by atoms with Crippen LogP contribution in [-0.2, 0) is 24.7 Å². The van der Waals surface area contributed by atoms with E-state index in [-0.39, 0.29) is 93.5 Å². The first-order valence-corrected chi connectivity index (χ1v) is 5.10. The Balaban J connectivity index is -0.000000653. The summed E-state index contributed by atoms with van der Waals surface area (Å²) in [5.74, 6) is 0.569. The summed E-state index contributed by atoms with van der Waals surface area (Å²) in [5, 5.41) is 0. The number of benzene rings is 1. The minimum absolute atomic E-state index is 0. The molecule has 91 valence electrons. The van der Waals surface area contributed by atoms with Gasteiger partial charge >= 0.3 is 0 Å². The number of hydrogen-bond donors (Lipinski definition) is 0. The molecule has 1 atom stereocenters. The van der Waals surface area contributed by atoms with E-state index >= 15 is 0 Å². The second-order valence-corrected chi connectivity index (χ2v) is 4.18. The molecule has 1 aromatic rings. The quantitative estimate of drug-likeness (QED) is 0.304. The van der Waals surface area contributed by atoms with Gasteiger partial charge in [-0.25, -0.2) is 0 Å². The standard InChI is InChI=1S/C13H17O.Ce.Pa.H2S/c1-10(2)8-12-4-6-13(7-5-12)11(3)9-14;;;/h4-7,10-11H,8H2,1-3H3;;;1H2/q-1;;;/p-1. The van der Waals surface area contributed by atoms with Crippen LogP contribution in [0.15, 0.2) is 24.3 Å². The van der Waals surface area contributed by atoms with E-state index in [2.05, 4.69) is 26.0 Å². The maximum Gasteiger partial charge on any atom is 0 e. The Morgan fingerprint density at radius 2 is 1.59 bits per heavy atom. The summed E-state index contributed by atoms with van der Waals surface area (Å²) in [4.78, 5) is 10.4. The second kappa shape index (κ2) is 12.7. The Morgan fingerprint density at radius 1 is 1.12 bits per heavy atom. The van der Waals surface area contributed by atoms with E-state index in [1.807, 2.05) is 25.3 Å². The Hall–Kier alpha value is 1.71. The molecule has 0 amide bonds. The molecule has 17 heavy (non-hydrogen) atoms. The monoisotopic (exact) mass is 593 g/mol. The molecule has 1 aromatic carbocycles. The van der Waals surface area contributed by atoms with Gasteiger partial charge in [-0.3, -0.25) is 6.29 Å². The van der Waals surface area contributed by atoms with Crippen LogP contribution < -0.4 is 0 Å². The van der Waals surface area contributed by atoms with Gasteiger partial charge in [-0.05, 0) is 17.9 Å². The predicted molar refractivity (Wildman–Crippen MR) is 67.9 cm³/mol. The summed E-state index contributed by atoms with van der Waals surface area (Å²) in [5.41, 5.74) is 2.38. The fourth-order valence-corrected chi connectivity index (χ4v) is 1.48. The fraction of sp³-hybridized carbons (Fsp3) is 0.462. The molecule has 0 aliphatic carbocycles. The van der Waals surface area contributed by atoms with Gasteiger partial charge in [0.1, 0.15) is 0 Å². The van der Waals surface area contributed by atoms with Crippen molar-refractivity contribution in [3.63, 3.8) is 0 Å². The normalized spacial score (nSPS) is 10.6. The Labute approximate surface area is 170 Å². The molecule has 1 nitrogen and oxygen atoms in total. The van der Waals surface area contributed by atoms with Crippen molar-refractivity contribution in [2.45, 2.75) is 33.1 Å². The van der Waals surface area contributed by atoms with E-state index in [0.29, 0.717) is 5.92 Å². The minimum atomic E-state index is -0.108. The third-order valence-corrected chi connectivity index (χ3v) is 2.30. The van der Waals surface area contributed by atoms with Crippen LogP contribution in [0.25, 0.3) is 0 Å². The van der Waals surface area contributed by atoms with Gasteiger partial charge in [0.25, 0.3) is 0 Å². The summed E-state index contributed by atoms with van der Waals surface area (Å²) < 4.78 is 0. The molecule has 0 bridgehead atoms. The van der Waals surface area contributed by atoms with Gasteiger partial charge in [-0.1, -0.05) is 50.6 Å². The van der Waals surface area contributed by atoms with Crippen LogP contribution in [0.3, 0.4) is 0 Å². The second-order valence-electron chi connectivity index (χ2n) is 4.18. The largest absolute Gasteiger partial charge is 0.813 e. The molecular weight excluding hydrogens is 575 g/mol. The first-order valence-electron chi connectivity index (χ1n) is 5.10. The first kappa shape index (κ1) is 23.8. The zero-order chi connectivity index (χ0) is 10.6. The Kier molecular flexibility index (Phi) is 17.8. The van der Waals surface area contributed by atoms with Crippen molar-refractivity contribution in [3.05, 3.63) is 35.4 Å². The van der Waals surface area contributed by atoms with Crippen molar-refractivity contribution in [3.8, 4) is 0 Å². The van der Waals surface area contributed by atoms with Gasteiger partial charge in [0.2, 0.25) is 0 Å². The molecule has 0 fully saturated rings. The number of rotatable bonds is 4. The number of thiol groups is 1. The molecule has 0 aliphatic heterocycles. The van der Waals surface area contributed by atoms with Crippen molar-refractivity contribution in [2.24, 2.45) is 5.92 Å². The maximum atomic E-state index is 10.4. The molecule has 1 rings (SSSR count). The molecule has 0 aliphatic rings. The zero-order valence-electron chi connectivity index (χ0n) is 10.6. The average molecular weight is 594 g/mol. The van der Waals surface area contributed by atoms with Crippen LogP contribution in [0.5, 0.6) is 0 Å². The fourth-order valence-electron chi connectivity index (χ4n) is 1.48. The van der Waals surface area contributed by atoms with E-state index < -0.39 is 0 Å². The molecule has 0 saturated heterocycles. The average Bonchev–Trinajstić information content (AvgIpc) is 2.17. The summed E-state index contributed by atoms with van der Waals surface area (Å²) in [6.45, 7) is 6.27. The van der Waals surface area contributed by atoms with E-state index in [4.69, 9.17) is 0 Å². The van der Waals surface area contributed by atoms with E-state index in [1.165, 1.54) is 5.56 Å². The zero-order valence-corrected chi connectivity index (χ0v) is 19.4. The van der Waals surface area contributed by atoms with Crippen molar-refractivity contribution >= 4 is 19.8 Å². The molecule has 4 heteroatoms. The number of hydrogen-bond acceptors (Lipinski definition) is 2. The van der Waals surface area contributed by atoms with Crippen molar-refractivity contribution in [1.29, 1.82) is 0 Å². The Bertz CT molecular complexity index is 301. The summed E-state index contributed by atoms with van der Waals surface area (Å²) in [6, 6.07) is 8.24. The third kappa shape index (κ3) is 9.27. The molecule has 0 heterocycles. The molecule has 0 saturated carbocycles. The molecule has 1 unspecified atom stereocenters. The van der Waals surface area contributed by atoms with Gasteiger partial charge in [0, 0.05) is 74.1 Å². The van der Waals surface area contributed by atoms with Crippen molar-refractivity contribution in [2.75, 3.05) is 0 Å². The summed E-state index contributed by atoms with van der Waals surface area (Å²) in [7, 11) is 0. The molecule has 0 N–H and O–H groups in total. The molecule has 0 spiro atoms. The van der Waals surface area contributed by atoms with Crippen molar-refractivity contribution < 1.29 is 78.8 Å². The van der Waals surface area contributed by atoms with Crippen LogP contribution in [0.4, 0.5) is 0 Å². The first-order chi connectivity index (χ1) is 6.63. The maximum absolute atomic E-state index is 10.4. The third-order valence-electron chi connectivity index (χ3n) is 2.30. The van der Waals surface area contributed by atoms with Gasteiger partial charge in [0.05, 0.1) is 0 Å². The van der Waals surface area contributed by atoms with Crippen LogP contribution in [-0.4, -0.2) is 6.29 Å². The van der Waals surface area contributed by atoms with Crippen LogP contribution in [0.1, 0.15) is 37.8 Å². The van der Waals surface area contributed by atoms with Gasteiger partial charge in [-0.2, -0.15) is 0 Å². The van der Waals surface area contributed by atoms with Crippen LogP contribution >= 0.6 is 0 Å². The predicted octanol–water partition coefficient (Wildman–Crippen LogP) is 2.83. The molecule has 1 radical (unpaired) electrons.